The molecule has 2 atom stereocenters. The molecular weight excluding hydrogens is 182 g/mol. The topological polar surface area (TPSA) is 75.4 Å². The minimum Gasteiger partial charge on any atom is -0.354 e. The number of amides is 2. The first-order valence-corrected chi connectivity index (χ1v) is 4.91. The normalized spacial score (nSPS) is 22.9. The minimum atomic E-state index is -0.406. The van der Waals surface area contributed by atoms with Crippen LogP contribution in [0.25, 0.3) is 0 Å². The van der Waals surface area contributed by atoms with E-state index in [1.54, 1.807) is 6.92 Å². The second-order valence-corrected chi connectivity index (χ2v) is 3.56. The maximum absolute atomic E-state index is 11.4. The molecule has 1 rings (SSSR count). The summed E-state index contributed by atoms with van der Waals surface area (Å²) in [5.41, 5.74) is 5.43. The number of β-lactam (4-membered cyclic amide) rings is 1. The van der Waals surface area contributed by atoms with E-state index in [1.165, 1.54) is 4.90 Å². The van der Waals surface area contributed by atoms with E-state index in [9.17, 15) is 9.59 Å². The molecule has 2 unspecified atom stereocenters. The number of carbonyl (C=O) groups excluding carboxylic acids is 2. The van der Waals surface area contributed by atoms with Crippen molar-refractivity contribution in [3.63, 3.8) is 0 Å². The third-order valence-corrected chi connectivity index (χ3v) is 2.39. The third kappa shape index (κ3) is 2.04. The average Bonchev–Trinajstić information content (AvgIpc) is 2.20. The first-order chi connectivity index (χ1) is 6.57. The fraction of sp³-hybridized carbons (Fsp3) is 0.778. The molecule has 0 aromatic heterocycles. The third-order valence-electron chi connectivity index (χ3n) is 2.39. The van der Waals surface area contributed by atoms with Crippen LogP contribution >= 0.6 is 0 Å². The molecule has 0 spiro atoms. The summed E-state index contributed by atoms with van der Waals surface area (Å²) in [6.45, 7) is 4.83. The Morgan fingerprint density at radius 2 is 2.43 bits per heavy atom. The molecule has 1 fully saturated rings. The molecule has 5 heteroatoms. The summed E-state index contributed by atoms with van der Waals surface area (Å²) in [7, 11) is 0. The number of nitrogens with two attached hydrogens (primary N) is 1. The molecule has 0 saturated carbocycles. The molecule has 1 saturated heterocycles. The number of likely N-dealkylation sites (tertiary alicyclic amines) is 1. The Bertz CT molecular complexity index is 242. The maximum Gasteiger partial charge on any atom is 0.242 e. The lowest BCUT2D eigenvalue weighted by atomic mass is 10.1. The molecule has 5 nitrogen and oxygen atoms in total. The van der Waals surface area contributed by atoms with E-state index in [2.05, 4.69) is 5.32 Å². The first-order valence-electron chi connectivity index (χ1n) is 4.91. The van der Waals surface area contributed by atoms with Gasteiger partial charge in [-0.3, -0.25) is 9.59 Å². The van der Waals surface area contributed by atoms with Gasteiger partial charge in [-0.25, -0.2) is 0 Å². The molecule has 1 heterocycles. The quantitative estimate of drug-likeness (QED) is 0.574. The van der Waals surface area contributed by atoms with E-state index in [0.29, 0.717) is 13.1 Å². The summed E-state index contributed by atoms with van der Waals surface area (Å²) in [6.07, 6.45) is 0.895. The number of hydrogen-bond donors (Lipinski definition) is 2. The number of hydrogen-bond acceptors (Lipinski definition) is 3. The molecule has 2 amide bonds. The van der Waals surface area contributed by atoms with Crippen LogP contribution in [-0.2, 0) is 9.59 Å². The molecule has 80 valence electrons. The lowest BCUT2D eigenvalue weighted by Crippen LogP contribution is -2.66. The van der Waals surface area contributed by atoms with E-state index in [-0.39, 0.29) is 11.8 Å². The molecule has 0 aromatic rings. The Kier molecular flexibility index (Phi) is 3.46. The van der Waals surface area contributed by atoms with E-state index < -0.39 is 12.1 Å². The van der Waals surface area contributed by atoms with E-state index in [0.717, 1.165) is 6.42 Å². The smallest absolute Gasteiger partial charge is 0.242 e. The summed E-state index contributed by atoms with van der Waals surface area (Å²) >= 11 is 0. The second-order valence-electron chi connectivity index (χ2n) is 3.56. The van der Waals surface area contributed by atoms with Gasteiger partial charge in [0.15, 0.2) is 0 Å². The molecule has 0 radical (unpaired) electrons. The zero-order valence-corrected chi connectivity index (χ0v) is 8.62. The van der Waals surface area contributed by atoms with E-state index in [4.69, 9.17) is 5.73 Å². The van der Waals surface area contributed by atoms with Crippen molar-refractivity contribution in [3.05, 3.63) is 0 Å². The number of rotatable bonds is 4. The van der Waals surface area contributed by atoms with Crippen molar-refractivity contribution in [2.24, 2.45) is 5.73 Å². The van der Waals surface area contributed by atoms with Gasteiger partial charge in [-0.15, -0.1) is 0 Å². The van der Waals surface area contributed by atoms with Crippen LogP contribution < -0.4 is 11.1 Å². The van der Waals surface area contributed by atoms with Gasteiger partial charge in [-0.05, 0) is 13.3 Å². The Balaban J connectivity index is 2.38. The molecular formula is C9H17N3O2. The molecule has 0 aromatic carbocycles. The molecule has 0 aliphatic carbocycles. The Morgan fingerprint density at radius 3 is 2.86 bits per heavy atom. The van der Waals surface area contributed by atoms with Crippen LogP contribution in [0, 0.1) is 0 Å². The average molecular weight is 199 g/mol. The highest BCUT2D eigenvalue weighted by molar-refractivity contribution is 5.93. The standard InChI is InChI=1S/C9H17N3O2/c1-3-4-11-8(13)6(2)12-5-7(10)9(12)14/h6-7H,3-5,10H2,1-2H3,(H,11,13). The van der Waals surface area contributed by atoms with Crippen molar-refractivity contribution in [2.45, 2.75) is 32.4 Å². The number of carbonyl (C=O) groups is 2. The van der Waals surface area contributed by atoms with Crippen molar-refractivity contribution in [1.82, 2.24) is 10.2 Å². The molecule has 3 N–H and O–H groups in total. The van der Waals surface area contributed by atoms with Gasteiger partial charge in [0.25, 0.3) is 0 Å². The highest BCUT2D eigenvalue weighted by Gasteiger charge is 2.38. The second kappa shape index (κ2) is 4.41. The molecule has 0 bridgehead atoms. The van der Waals surface area contributed by atoms with Gasteiger partial charge in [0.2, 0.25) is 11.8 Å². The monoisotopic (exact) mass is 199 g/mol. The number of nitrogens with zero attached hydrogens (tertiary/aromatic N) is 1. The lowest BCUT2D eigenvalue weighted by molar-refractivity contribution is -0.150. The number of nitrogens with one attached hydrogen (secondary N) is 1. The van der Waals surface area contributed by atoms with Crippen molar-refractivity contribution in [2.75, 3.05) is 13.1 Å². The fourth-order valence-electron chi connectivity index (χ4n) is 1.37. The summed E-state index contributed by atoms with van der Waals surface area (Å²) < 4.78 is 0. The minimum absolute atomic E-state index is 0.105. The van der Waals surface area contributed by atoms with Gasteiger partial charge in [0.1, 0.15) is 12.1 Å². The van der Waals surface area contributed by atoms with Crippen molar-refractivity contribution < 1.29 is 9.59 Å². The van der Waals surface area contributed by atoms with Crippen LogP contribution in [0.1, 0.15) is 20.3 Å². The fourth-order valence-corrected chi connectivity index (χ4v) is 1.37. The summed E-state index contributed by atoms with van der Waals surface area (Å²) in [6, 6.07) is -0.801. The maximum atomic E-state index is 11.4. The highest BCUT2D eigenvalue weighted by atomic mass is 16.2. The highest BCUT2D eigenvalue weighted by Crippen LogP contribution is 2.12. The largest absolute Gasteiger partial charge is 0.354 e. The zero-order chi connectivity index (χ0) is 10.7. The van der Waals surface area contributed by atoms with Crippen LogP contribution in [0.4, 0.5) is 0 Å². The Morgan fingerprint density at radius 1 is 1.79 bits per heavy atom. The predicted octanol–water partition coefficient (Wildman–Crippen LogP) is -0.929. The van der Waals surface area contributed by atoms with Crippen LogP contribution in [0.5, 0.6) is 0 Å². The molecule has 1 aliphatic heterocycles. The summed E-state index contributed by atoms with van der Waals surface area (Å²) in [5.74, 6) is -0.240. The lowest BCUT2D eigenvalue weighted by Gasteiger charge is -2.39. The Labute approximate surface area is 83.6 Å². The SMILES string of the molecule is CCCNC(=O)C(C)N1CC(N)C1=O. The van der Waals surface area contributed by atoms with Crippen molar-refractivity contribution in [3.8, 4) is 0 Å². The van der Waals surface area contributed by atoms with Gasteiger partial charge in [0, 0.05) is 13.1 Å². The molecule has 14 heavy (non-hydrogen) atoms. The van der Waals surface area contributed by atoms with Crippen LogP contribution in [-0.4, -0.2) is 41.9 Å². The van der Waals surface area contributed by atoms with Gasteiger partial charge in [-0.2, -0.15) is 0 Å². The van der Waals surface area contributed by atoms with Crippen LogP contribution in [0.3, 0.4) is 0 Å². The van der Waals surface area contributed by atoms with Gasteiger partial charge < -0.3 is 16.0 Å². The van der Waals surface area contributed by atoms with Crippen LogP contribution in [0.2, 0.25) is 0 Å². The van der Waals surface area contributed by atoms with Crippen LogP contribution in [0.15, 0.2) is 0 Å². The Hall–Kier alpha value is -1.10. The molecule has 1 aliphatic rings. The first kappa shape index (κ1) is 11.0. The van der Waals surface area contributed by atoms with Gasteiger partial charge >= 0.3 is 0 Å². The van der Waals surface area contributed by atoms with Crippen molar-refractivity contribution in [1.29, 1.82) is 0 Å². The van der Waals surface area contributed by atoms with Gasteiger partial charge in [-0.1, -0.05) is 6.92 Å². The zero-order valence-electron chi connectivity index (χ0n) is 8.62. The summed E-state index contributed by atoms with van der Waals surface area (Å²) in [5, 5.41) is 2.74. The van der Waals surface area contributed by atoms with Gasteiger partial charge in [0.05, 0.1) is 0 Å². The van der Waals surface area contributed by atoms with E-state index in [1.807, 2.05) is 6.92 Å². The predicted molar refractivity (Wildman–Crippen MR) is 52.5 cm³/mol. The summed E-state index contributed by atoms with van der Waals surface area (Å²) in [4.78, 5) is 24.1. The van der Waals surface area contributed by atoms with Crippen molar-refractivity contribution >= 4 is 11.8 Å². The van der Waals surface area contributed by atoms with E-state index >= 15 is 0 Å².